The van der Waals surface area contributed by atoms with Crippen molar-refractivity contribution >= 4 is 21.4 Å². The first-order chi connectivity index (χ1) is 9.69. The minimum atomic E-state index is 0.189. The summed E-state index contributed by atoms with van der Waals surface area (Å²) in [6.45, 7) is 7.67. The molecule has 0 saturated carbocycles. The van der Waals surface area contributed by atoms with Crippen LogP contribution >= 0.6 is 11.3 Å². The Kier molecular flexibility index (Phi) is 5.58. The monoisotopic (exact) mass is 291 g/mol. The van der Waals surface area contributed by atoms with E-state index in [0.29, 0.717) is 5.92 Å². The lowest BCUT2D eigenvalue weighted by Crippen LogP contribution is -2.37. The zero-order chi connectivity index (χ0) is 14.5. The highest BCUT2D eigenvalue weighted by Gasteiger charge is 2.26. The van der Waals surface area contributed by atoms with E-state index in [9.17, 15) is 0 Å². The van der Waals surface area contributed by atoms with E-state index in [1.165, 1.54) is 15.6 Å². The Balaban J connectivity index is 2.41. The predicted molar refractivity (Wildman–Crippen MR) is 88.5 cm³/mol. The number of nitrogens with one attached hydrogen (secondary N) is 1. The van der Waals surface area contributed by atoms with Crippen molar-refractivity contribution < 1.29 is 4.74 Å². The van der Waals surface area contributed by atoms with Crippen LogP contribution in [0, 0.1) is 5.92 Å². The summed E-state index contributed by atoms with van der Waals surface area (Å²) in [6.07, 6.45) is 1.32. The first-order valence-corrected chi connectivity index (χ1v) is 8.29. The van der Waals surface area contributed by atoms with Crippen LogP contribution < -0.4 is 5.32 Å². The van der Waals surface area contributed by atoms with E-state index < -0.39 is 0 Å². The topological polar surface area (TPSA) is 21.3 Å². The van der Waals surface area contributed by atoms with Gasteiger partial charge < -0.3 is 10.1 Å². The Morgan fingerprint density at radius 1 is 1.25 bits per heavy atom. The fraction of sp³-hybridized carbons (Fsp3) is 0.529. The van der Waals surface area contributed by atoms with Crippen LogP contribution in [0.15, 0.2) is 29.6 Å². The average Bonchev–Trinajstić information content (AvgIpc) is 2.91. The van der Waals surface area contributed by atoms with Gasteiger partial charge in [-0.2, -0.15) is 0 Å². The second-order valence-electron chi connectivity index (χ2n) is 5.56. The van der Waals surface area contributed by atoms with Crippen LogP contribution in [0.5, 0.6) is 0 Å². The summed E-state index contributed by atoms with van der Waals surface area (Å²) >= 11 is 1.82. The van der Waals surface area contributed by atoms with E-state index in [1.807, 2.05) is 18.4 Å². The first-order valence-electron chi connectivity index (χ1n) is 7.41. The largest absolute Gasteiger partial charge is 0.379 e. The van der Waals surface area contributed by atoms with Gasteiger partial charge >= 0.3 is 0 Å². The van der Waals surface area contributed by atoms with E-state index in [4.69, 9.17) is 4.74 Å². The van der Waals surface area contributed by atoms with Gasteiger partial charge in [-0.25, -0.2) is 0 Å². The van der Waals surface area contributed by atoms with Gasteiger partial charge in [0.05, 0.1) is 12.1 Å². The Labute approximate surface area is 126 Å². The van der Waals surface area contributed by atoms with Crippen molar-refractivity contribution in [1.82, 2.24) is 5.32 Å². The third kappa shape index (κ3) is 3.22. The van der Waals surface area contributed by atoms with E-state index in [0.717, 1.165) is 13.0 Å². The number of methoxy groups -OCH3 is 1. The summed E-state index contributed by atoms with van der Waals surface area (Å²) in [5.74, 6) is 0.476. The van der Waals surface area contributed by atoms with Gasteiger partial charge in [0.15, 0.2) is 0 Å². The van der Waals surface area contributed by atoms with Crippen molar-refractivity contribution in [1.29, 1.82) is 0 Å². The average molecular weight is 291 g/mol. The smallest absolute Gasteiger partial charge is 0.0789 e. The second-order valence-corrected chi connectivity index (χ2v) is 6.48. The van der Waals surface area contributed by atoms with Gasteiger partial charge in [0.1, 0.15) is 0 Å². The zero-order valence-corrected chi connectivity index (χ0v) is 13.7. The van der Waals surface area contributed by atoms with Crippen molar-refractivity contribution in [2.45, 2.75) is 39.3 Å². The van der Waals surface area contributed by atoms with Crippen molar-refractivity contribution in [3.05, 3.63) is 35.2 Å². The maximum atomic E-state index is 5.79. The lowest BCUT2D eigenvalue weighted by molar-refractivity contribution is 0.0331. The van der Waals surface area contributed by atoms with Crippen LogP contribution in [0.25, 0.3) is 10.1 Å². The molecule has 1 heterocycles. The quantitative estimate of drug-likeness (QED) is 0.804. The van der Waals surface area contributed by atoms with Crippen LogP contribution in [0.3, 0.4) is 0 Å². The molecular weight excluding hydrogens is 266 g/mol. The molecule has 0 aliphatic rings. The molecule has 0 fully saturated rings. The number of hydrogen-bond acceptors (Lipinski definition) is 3. The van der Waals surface area contributed by atoms with Gasteiger partial charge in [-0.1, -0.05) is 39.0 Å². The SMILES string of the molecule is CCCNC(c1cccc2ccsc12)C(OC)C(C)C. The fourth-order valence-electron chi connectivity index (χ4n) is 2.76. The van der Waals surface area contributed by atoms with E-state index in [-0.39, 0.29) is 12.1 Å². The molecule has 0 amide bonds. The van der Waals surface area contributed by atoms with Crippen LogP contribution in [-0.2, 0) is 4.74 Å². The molecule has 0 aliphatic heterocycles. The van der Waals surface area contributed by atoms with Crippen LogP contribution in [-0.4, -0.2) is 19.8 Å². The molecule has 0 spiro atoms. The molecule has 1 aromatic carbocycles. The molecular formula is C17H25NOS. The molecule has 2 nitrogen and oxygen atoms in total. The maximum absolute atomic E-state index is 5.79. The minimum absolute atomic E-state index is 0.189. The number of fused-ring (bicyclic) bond motifs is 1. The molecule has 20 heavy (non-hydrogen) atoms. The Morgan fingerprint density at radius 2 is 2.05 bits per heavy atom. The summed E-state index contributed by atoms with van der Waals surface area (Å²) < 4.78 is 7.17. The second kappa shape index (κ2) is 7.21. The predicted octanol–water partition coefficient (Wildman–Crippen LogP) is 4.61. The van der Waals surface area contributed by atoms with Crippen LogP contribution in [0.4, 0.5) is 0 Å². The Morgan fingerprint density at radius 3 is 2.70 bits per heavy atom. The molecule has 3 heteroatoms. The van der Waals surface area contributed by atoms with Crippen LogP contribution in [0.1, 0.15) is 38.8 Å². The van der Waals surface area contributed by atoms with Gasteiger partial charge in [-0.05, 0) is 41.3 Å². The van der Waals surface area contributed by atoms with Gasteiger partial charge in [-0.15, -0.1) is 11.3 Å². The highest BCUT2D eigenvalue weighted by atomic mass is 32.1. The summed E-state index contributed by atoms with van der Waals surface area (Å²) in [6, 6.07) is 9.02. The molecule has 0 saturated heterocycles. The van der Waals surface area contributed by atoms with E-state index in [2.05, 4.69) is 55.7 Å². The summed E-state index contributed by atoms with van der Waals surface area (Å²) in [7, 11) is 1.82. The minimum Gasteiger partial charge on any atom is -0.379 e. The molecule has 2 unspecified atom stereocenters. The maximum Gasteiger partial charge on any atom is 0.0789 e. The number of rotatable bonds is 7. The van der Waals surface area contributed by atoms with Gasteiger partial charge in [0, 0.05) is 11.8 Å². The normalized spacial score (nSPS) is 14.8. The molecule has 0 bridgehead atoms. The van der Waals surface area contributed by atoms with Gasteiger partial charge in [0.2, 0.25) is 0 Å². The molecule has 2 rings (SSSR count). The van der Waals surface area contributed by atoms with Crippen molar-refractivity contribution in [2.24, 2.45) is 5.92 Å². The highest BCUT2D eigenvalue weighted by molar-refractivity contribution is 7.17. The number of benzene rings is 1. The van der Waals surface area contributed by atoms with Gasteiger partial charge in [-0.3, -0.25) is 0 Å². The van der Waals surface area contributed by atoms with E-state index in [1.54, 1.807) is 0 Å². The van der Waals surface area contributed by atoms with Crippen molar-refractivity contribution in [3.63, 3.8) is 0 Å². The summed E-state index contributed by atoms with van der Waals surface area (Å²) in [4.78, 5) is 0. The van der Waals surface area contributed by atoms with Crippen molar-refractivity contribution in [3.8, 4) is 0 Å². The molecule has 2 aromatic rings. The Bertz CT molecular complexity index is 535. The number of thiophene rings is 1. The van der Waals surface area contributed by atoms with Gasteiger partial charge in [0.25, 0.3) is 0 Å². The molecule has 2 atom stereocenters. The third-order valence-corrected chi connectivity index (χ3v) is 4.70. The molecule has 0 radical (unpaired) electrons. The standard InChI is InChI=1S/C17H25NOS/c1-5-10-18-15(16(19-4)12(2)3)14-8-6-7-13-9-11-20-17(13)14/h6-9,11-12,15-16,18H,5,10H2,1-4H3. The number of hydrogen-bond donors (Lipinski definition) is 1. The fourth-order valence-corrected chi connectivity index (χ4v) is 3.71. The number of ether oxygens (including phenoxy) is 1. The lowest BCUT2D eigenvalue weighted by Gasteiger charge is -2.30. The van der Waals surface area contributed by atoms with E-state index >= 15 is 0 Å². The molecule has 1 N–H and O–H groups in total. The summed E-state index contributed by atoms with van der Waals surface area (Å²) in [5, 5.41) is 7.18. The molecule has 1 aromatic heterocycles. The molecule has 110 valence electrons. The highest BCUT2D eigenvalue weighted by Crippen LogP contribution is 2.33. The molecule has 0 aliphatic carbocycles. The van der Waals surface area contributed by atoms with Crippen LogP contribution in [0.2, 0.25) is 0 Å². The lowest BCUT2D eigenvalue weighted by atomic mass is 9.92. The summed E-state index contributed by atoms with van der Waals surface area (Å²) in [5.41, 5.74) is 1.37. The zero-order valence-electron chi connectivity index (χ0n) is 12.8. The Hall–Kier alpha value is -0.900. The first kappa shape index (κ1) is 15.5. The van der Waals surface area contributed by atoms with Crippen molar-refractivity contribution in [2.75, 3.05) is 13.7 Å². The third-order valence-electron chi connectivity index (χ3n) is 3.72.